The van der Waals surface area contributed by atoms with Gasteiger partial charge in [-0.3, -0.25) is 9.78 Å². The number of para-hydroxylation sites is 1. The van der Waals surface area contributed by atoms with Crippen molar-refractivity contribution in [1.82, 2.24) is 4.98 Å². The molecule has 1 aromatic carbocycles. The van der Waals surface area contributed by atoms with Gasteiger partial charge in [0.15, 0.2) is 0 Å². The molecule has 2 rings (SSSR count). The average Bonchev–Trinajstić information content (AvgIpc) is 2.47. The normalized spacial score (nSPS) is 10.0. The maximum absolute atomic E-state index is 12.5. The molecule has 0 radical (unpaired) electrons. The van der Waals surface area contributed by atoms with E-state index in [1.807, 2.05) is 43.3 Å². The van der Waals surface area contributed by atoms with Crippen LogP contribution in [0.15, 0.2) is 48.8 Å². The molecule has 0 saturated heterocycles. The van der Waals surface area contributed by atoms with Crippen LogP contribution in [0.4, 0.5) is 11.4 Å². The molecule has 1 N–H and O–H groups in total. The van der Waals surface area contributed by atoms with E-state index in [1.165, 1.54) is 0 Å². The van der Waals surface area contributed by atoms with Crippen LogP contribution in [0.5, 0.6) is 0 Å². The van der Waals surface area contributed by atoms with E-state index < -0.39 is 0 Å². The Morgan fingerprint density at radius 1 is 1.21 bits per heavy atom. The first-order valence-electron chi connectivity index (χ1n) is 6.25. The van der Waals surface area contributed by atoms with Crippen molar-refractivity contribution in [1.29, 1.82) is 0 Å². The number of pyridine rings is 1. The first-order valence-corrected chi connectivity index (χ1v) is 6.25. The minimum Gasteiger partial charge on any atom is -0.385 e. The van der Waals surface area contributed by atoms with E-state index in [2.05, 4.69) is 10.3 Å². The summed E-state index contributed by atoms with van der Waals surface area (Å²) in [5, 5.41) is 3.20. The van der Waals surface area contributed by atoms with E-state index in [0.717, 1.165) is 17.9 Å². The maximum atomic E-state index is 12.5. The van der Waals surface area contributed by atoms with Crippen molar-refractivity contribution in [2.24, 2.45) is 0 Å². The highest BCUT2D eigenvalue weighted by molar-refractivity contribution is 6.09. The van der Waals surface area contributed by atoms with Crippen molar-refractivity contribution in [3.63, 3.8) is 0 Å². The standard InChI is InChI=1S/C15H17N3O/c1-3-17-14-7-5-4-6-13(14)15(19)18(2)12-8-10-16-11-9-12/h4-11,17H,3H2,1-2H3. The van der Waals surface area contributed by atoms with Gasteiger partial charge in [0.2, 0.25) is 0 Å². The molecular formula is C15H17N3O. The topological polar surface area (TPSA) is 45.2 Å². The number of carbonyl (C=O) groups excluding carboxylic acids is 1. The molecule has 19 heavy (non-hydrogen) atoms. The summed E-state index contributed by atoms with van der Waals surface area (Å²) >= 11 is 0. The van der Waals surface area contributed by atoms with Gasteiger partial charge in [-0.15, -0.1) is 0 Å². The Labute approximate surface area is 113 Å². The fourth-order valence-corrected chi connectivity index (χ4v) is 1.88. The SMILES string of the molecule is CCNc1ccccc1C(=O)N(C)c1ccncc1. The molecule has 0 aliphatic heterocycles. The summed E-state index contributed by atoms with van der Waals surface area (Å²) < 4.78 is 0. The fraction of sp³-hybridized carbons (Fsp3) is 0.200. The van der Waals surface area contributed by atoms with E-state index in [1.54, 1.807) is 24.3 Å². The van der Waals surface area contributed by atoms with E-state index in [0.29, 0.717) is 5.56 Å². The Morgan fingerprint density at radius 2 is 1.89 bits per heavy atom. The molecule has 2 aromatic rings. The van der Waals surface area contributed by atoms with E-state index in [-0.39, 0.29) is 5.91 Å². The van der Waals surface area contributed by atoms with Gasteiger partial charge in [0.05, 0.1) is 5.56 Å². The predicted octanol–water partition coefficient (Wildman–Crippen LogP) is 2.79. The molecule has 0 saturated carbocycles. The van der Waals surface area contributed by atoms with Crippen LogP contribution in [-0.2, 0) is 0 Å². The smallest absolute Gasteiger partial charge is 0.260 e. The van der Waals surface area contributed by atoms with Crippen LogP contribution in [0.3, 0.4) is 0 Å². The molecule has 0 unspecified atom stereocenters. The van der Waals surface area contributed by atoms with Gasteiger partial charge in [0, 0.05) is 37.4 Å². The minimum atomic E-state index is -0.0391. The molecule has 1 aromatic heterocycles. The molecule has 4 heteroatoms. The third kappa shape index (κ3) is 2.91. The minimum absolute atomic E-state index is 0.0391. The highest BCUT2D eigenvalue weighted by Crippen LogP contribution is 2.20. The van der Waals surface area contributed by atoms with Crippen LogP contribution in [0.25, 0.3) is 0 Å². The molecule has 0 aliphatic carbocycles. The maximum Gasteiger partial charge on any atom is 0.260 e. The van der Waals surface area contributed by atoms with Crippen molar-refractivity contribution in [2.45, 2.75) is 6.92 Å². The Morgan fingerprint density at radius 3 is 2.58 bits per heavy atom. The second kappa shape index (κ2) is 6.00. The van der Waals surface area contributed by atoms with E-state index in [4.69, 9.17) is 0 Å². The lowest BCUT2D eigenvalue weighted by molar-refractivity contribution is 0.0994. The Balaban J connectivity index is 2.29. The molecule has 0 spiro atoms. The molecule has 0 bridgehead atoms. The number of carbonyl (C=O) groups is 1. The van der Waals surface area contributed by atoms with E-state index >= 15 is 0 Å². The van der Waals surface area contributed by atoms with Gasteiger partial charge in [-0.25, -0.2) is 0 Å². The van der Waals surface area contributed by atoms with Crippen molar-refractivity contribution < 1.29 is 4.79 Å². The number of anilines is 2. The quantitative estimate of drug-likeness (QED) is 0.913. The zero-order valence-corrected chi connectivity index (χ0v) is 11.1. The molecule has 0 aliphatic rings. The third-order valence-corrected chi connectivity index (χ3v) is 2.88. The summed E-state index contributed by atoms with van der Waals surface area (Å²) in [6.45, 7) is 2.79. The monoisotopic (exact) mass is 255 g/mol. The Kier molecular flexibility index (Phi) is 4.13. The first-order chi connectivity index (χ1) is 9.24. The average molecular weight is 255 g/mol. The van der Waals surface area contributed by atoms with Crippen molar-refractivity contribution in [2.75, 3.05) is 23.8 Å². The number of amides is 1. The number of benzene rings is 1. The third-order valence-electron chi connectivity index (χ3n) is 2.88. The van der Waals surface area contributed by atoms with Crippen molar-refractivity contribution in [3.05, 3.63) is 54.4 Å². The van der Waals surface area contributed by atoms with Crippen LogP contribution >= 0.6 is 0 Å². The lowest BCUT2D eigenvalue weighted by Crippen LogP contribution is -2.27. The fourth-order valence-electron chi connectivity index (χ4n) is 1.88. The second-order valence-corrected chi connectivity index (χ2v) is 4.15. The zero-order valence-electron chi connectivity index (χ0n) is 11.1. The highest BCUT2D eigenvalue weighted by Gasteiger charge is 2.16. The van der Waals surface area contributed by atoms with Gasteiger partial charge < -0.3 is 10.2 Å². The van der Waals surface area contributed by atoms with E-state index in [9.17, 15) is 4.79 Å². The van der Waals surface area contributed by atoms with Crippen LogP contribution in [0.2, 0.25) is 0 Å². The predicted molar refractivity (Wildman–Crippen MR) is 77.6 cm³/mol. The lowest BCUT2D eigenvalue weighted by atomic mass is 10.1. The largest absolute Gasteiger partial charge is 0.385 e. The second-order valence-electron chi connectivity index (χ2n) is 4.15. The summed E-state index contributed by atoms with van der Waals surface area (Å²) in [6, 6.07) is 11.2. The number of rotatable bonds is 4. The number of hydrogen-bond acceptors (Lipinski definition) is 3. The molecule has 0 fully saturated rings. The molecule has 4 nitrogen and oxygen atoms in total. The summed E-state index contributed by atoms with van der Waals surface area (Å²) in [5.74, 6) is -0.0391. The van der Waals surface area contributed by atoms with Crippen LogP contribution in [0.1, 0.15) is 17.3 Å². The summed E-state index contributed by atoms with van der Waals surface area (Å²) in [6.07, 6.45) is 3.35. The van der Waals surface area contributed by atoms with Gasteiger partial charge in [-0.1, -0.05) is 12.1 Å². The summed E-state index contributed by atoms with van der Waals surface area (Å²) in [5.41, 5.74) is 2.35. The first kappa shape index (κ1) is 13.1. The summed E-state index contributed by atoms with van der Waals surface area (Å²) in [4.78, 5) is 18.1. The van der Waals surface area contributed by atoms with Crippen molar-refractivity contribution >= 4 is 17.3 Å². The van der Waals surface area contributed by atoms with Gasteiger partial charge in [0.1, 0.15) is 0 Å². The number of hydrogen-bond donors (Lipinski definition) is 1. The molecule has 1 heterocycles. The molecule has 98 valence electrons. The Hall–Kier alpha value is -2.36. The molecule has 0 atom stereocenters. The van der Waals surface area contributed by atoms with Crippen LogP contribution in [0, 0.1) is 0 Å². The van der Waals surface area contributed by atoms with Gasteiger partial charge in [-0.2, -0.15) is 0 Å². The van der Waals surface area contributed by atoms with Gasteiger partial charge >= 0.3 is 0 Å². The lowest BCUT2D eigenvalue weighted by Gasteiger charge is -2.19. The van der Waals surface area contributed by atoms with Crippen molar-refractivity contribution in [3.8, 4) is 0 Å². The zero-order chi connectivity index (χ0) is 13.7. The number of aromatic nitrogens is 1. The number of nitrogens with zero attached hydrogens (tertiary/aromatic N) is 2. The van der Waals surface area contributed by atoms with Crippen LogP contribution < -0.4 is 10.2 Å². The van der Waals surface area contributed by atoms with Gasteiger partial charge in [0.25, 0.3) is 5.91 Å². The molecular weight excluding hydrogens is 238 g/mol. The molecule has 1 amide bonds. The van der Waals surface area contributed by atoms with Gasteiger partial charge in [-0.05, 0) is 31.2 Å². The summed E-state index contributed by atoms with van der Waals surface area (Å²) in [7, 11) is 1.76. The Bertz CT molecular complexity index is 554. The van der Waals surface area contributed by atoms with Crippen LogP contribution in [-0.4, -0.2) is 24.5 Å². The number of nitrogens with one attached hydrogen (secondary N) is 1. The highest BCUT2D eigenvalue weighted by atomic mass is 16.2.